The number of halogens is 2. The highest BCUT2D eigenvalue weighted by Gasteiger charge is 2.37. The molecule has 1 fully saturated rings. The summed E-state index contributed by atoms with van der Waals surface area (Å²) in [6.45, 7) is 1.74. The highest BCUT2D eigenvalue weighted by Crippen LogP contribution is 2.29. The SMILES string of the molecule is OCC1(CNc2cc(F)ccc2Br)COC1. The molecule has 16 heavy (non-hydrogen) atoms. The quantitative estimate of drug-likeness (QED) is 0.891. The van der Waals surface area contributed by atoms with Gasteiger partial charge in [-0.05, 0) is 34.1 Å². The van der Waals surface area contributed by atoms with Crippen LogP contribution in [-0.2, 0) is 4.74 Å². The van der Waals surface area contributed by atoms with Gasteiger partial charge < -0.3 is 15.2 Å². The average molecular weight is 290 g/mol. The fourth-order valence-corrected chi connectivity index (χ4v) is 1.94. The molecule has 0 saturated carbocycles. The highest BCUT2D eigenvalue weighted by molar-refractivity contribution is 9.10. The van der Waals surface area contributed by atoms with Crippen LogP contribution in [0.2, 0.25) is 0 Å². The minimum absolute atomic E-state index is 0.0763. The van der Waals surface area contributed by atoms with Gasteiger partial charge in [-0.15, -0.1) is 0 Å². The zero-order valence-corrected chi connectivity index (χ0v) is 10.3. The molecule has 0 bridgehead atoms. The fraction of sp³-hybridized carbons (Fsp3) is 0.455. The number of ether oxygens (including phenoxy) is 1. The Kier molecular flexibility index (Phi) is 3.47. The van der Waals surface area contributed by atoms with E-state index in [0.717, 1.165) is 4.47 Å². The van der Waals surface area contributed by atoms with Gasteiger partial charge in [0.1, 0.15) is 5.82 Å². The number of benzene rings is 1. The molecule has 5 heteroatoms. The first-order chi connectivity index (χ1) is 7.65. The molecule has 1 heterocycles. The molecule has 2 rings (SSSR count). The van der Waals surface area contributed by atoms with Gasteiger partial charge in [-0.2, -0.15) is 0 Å². The molecule has 2 N–H and O–H groups in total. The molecular weight excluding hydrogens is 277 g/mol. The Labute approximate surface area is 102 Å². The summed E-state index contributed by atoms with van der Waals surface area (Å²) < 4.78 is 18.9. The van der Waals surface area contributed by atoms with Crippen molar-refractivity contribution in [3.8, 4) is 0 Å². The van der Waals surface area contributed by atoms with E-state index in [0.29, 0.717) is 25.4 Å². The second-order valence-corrected chi connectivity index (χ2v) is 4.98. The van der Waals surface area contributed by atoms with E-state index in [-0.39, 0.29) is 17.8 Å². The molecule has 1 aliphatic heterocycles. The minimum Gasteiger partial charge on any atom is -0.396 e. The summed E-state index contributed by atoms with van der Waals surface area (Å²) in [5.41, 5.74) is 0.478. The third kappa shape index (κ3) is 2.36. The van der Waals surface area contributed by atoms with Crippen molar-refractivity contribution in [3.63, 3.8) is 0 Å². The number of aliphatic hydroxyl groups is 1. The Bertz CT molecular complexity index is 377. The minimum atomic E-state index is -0.284. The van der Waals surface area contributed by atoms with E-state index in [1.165, 1.54) is 12.1 Å². The lowest BCUT2D eigenvalue weighted by Gasteiger charge is -2.40. The number of nitrogens with one attached hydrogen (secondary N) is 1. The van der Waals surface area contributed by atoms with Crippen molar-refractivity contribution in [2.24, 2.45) is 5.41 Å². The number of anilines is 1. The average Bonchev–Trinajstić information content (AvgIpc) is 2.22. The summed E-state index contributed by atoms with van der Waals surface area (Å²) in [4.78, 5) is 0. The molecule has 0 radical (unpaired) electrons. The van der Waals surface area contributed by atoms with Crippen LogP contribution in [0.5, 0.6) is 0 Å². The zero-order chi connectivity index (χ0) is 11.6. The molecule has 1 aromatic carbocycles. The normalized spacial score (nSPS) is 17.9. The molecule has 3 nitrogen and oxygen atoms in total. The molecule has 88 valence electrons. The molecule has 0 unspecified atom stereocenters. The van der Waals surface area contributed by atoms with Crippen molar-refractivity contribution in [1.82, 2.24) is 0 Å². The van der Waals surface area contributed by atoms with Crippen LogP contribution in [0.3, 0.4) is 0 Å². The number of aliphatic hydroxyl groups excluding tert-OH is 1. The maximum absolute atomic E-state index is 13.0. The van der Waals surface area contributed by atoms with Gasteiger partial charge in [0.25, 0.3) is 0 Å². The van der Waals surface area contributed by atoms with E-state index in [1.807, 2.05) is 0 Å². The van der Waals surface area contributed by atoms with E-state index < -0.39 is 0 Å². The summed E-state index contributed by atoms with van der Waals surface area (Å²) >= 11 is 3.34. The van der Waals surface area contributed by atoms with E-state index in [2.05, 4.69) is 21.2 Å². The summed E-state index contributed by atoms with van der Waals surface area (Å²) in [5, 5.41) is 12.4. The molecule has 0 atom stereocenters. The molecule has 0 aliphatic carbocycles. The summed E-state index contributed by atoms with van der Waals surface area (Å²) in [7, 11) is 0. The Morgan fingerprint density at radius 2 is 2.25 bits per heavy atom. The standard InChI is InChI=1S/C11H13BrFNO2/c12-9-2-1-8(13)3-10(9)14-4-11(5-15)6-16-7-11/h1-3,14-15H,4-7H2. The van der Waals surface area contributed by atoms with Crippen molar-refractivity contribution in [3.05, 3.63) is 28.5 Å². The zero-order valence-electron chi connectivity index (χ0n) is 8.67. The monoisotopic (exact) mass is 289 g/mol. The molecule has 0 aromatic heterocycles. The van der Waals surface area contributed by atoms with E-state index >= 15 is 0 Å². The van der Waals surface area contributed by atoms with Crippen molar-refractivity contribution in [2.45, 2.75) is 0 Å². The van der Waals surface area contributed by atoms with Crippen LogP contribution in [0.25, 0.3) is 0 Å². The number of hydrogen-bond donors (Lipinski definition) is 2. The van der Waals surface area contributed by atoms with E-state index in [4.69, 9.17) is 4.74 Å². The number of rotatable bonds is 4. The summed E-state index contributed by atoms with van der Waals surface area (Å²) in [6, 6.07) is 4.47. The van der Waals surface area contributed by atoms with Crippen molar-refractivity contribution < 1.29 is 14.2 Å². The van der Waals surface area contributed by atoms with Gasteiger partial charge in [-0.25, -0.2) is 4.39 Å². The van der Waals surface area contributed by atoms with Gasteiger partial charge >= 0.3 is 0 Å². The van der Waals surface area contributed by atoms with Gasteiger partial charge in [0.05, 0.1) is 30.9 Å². The third-order valence-corrected chi connectivity index (χ3v) is 3.43. The molecule has 1 aromatic rings. The molecular formula is C11H13BrFNO2. The van der Waals surface area contributed by atoms with Gasteiger partial charge in [0.15, 0.2) is 0 Å². The second kappa shape index (κ2) is 4.69. The molecule has 1 aliphatic rings. The molecule has 1 saturated heterocycles. The Hall–Kier alpha value is -0.650. The third-order valence-electron chi connectivity index (χ3n) is 2.73. The van der Waals surface area contributed by atoms with Crippen LogP contribution < -0.4 is 5.32 Å². The summed E-state index contributed by atoms with van der Waals surface area (Å²) in [6.07, 6.45) is 0. The predicted octanol–water partition coefficient (Wildman–Crippen LogP) is 2.01. The van der Waals surface area contributed by atoms with Gasteiger partial charge in [0.2, 0.25) is 0 Å². The smallest absolute Gasteiger partial charge is 0.125 e. The molecule has 0 spiro atoms. The van der Waals surface area contributed by atoms with Crippen molar-refractivity contribution >= 4 is 21.6 Å². The van der Waals surface area contributed by atoms with Crippen molar-refractivity contribution in [2.75, 3.05) is 31.7 Å². The first-order valence-corrected chi connectivity index (χ1v) is 5.82. The van der Waals surface area contributed by atoms with Gasteiger partial charge in [0, 0.05) is 11.0 Å². The maximum Gasteiger partial charge on any atom is 0.125 e. The second-order valence-electron chi connectivity index (χ2n) is 4.13. The lowest BCUT2D eigenvalue weighted by molar-refractivity contribution is -0.128. The van der Waals surface area contributed by atoms with Gasteiger partial charge in [-0.3, -0.25) is 0 Å². The Morgan fingerprint density at radius 1 is 1.50 bits per heavy atom. The Balaban J connectivity index is 2.01. The van der Waals surface area contributed by atoms with Gasteiger partial charge in [-0.1, -0.05) is 0 Å². The first-order valence-electron chi connectivity index (χ1n) is 5.03. The van der Waals surface area contributed by atoms with Crippen LogP contribution in [-0.4, -0.2) is 31.5 Å². The number of hydrogen-bond acceptors (Lipinski definition) is 3. The first kappa shape index (κ1) is 11.8. The fourth-order valence-electron chi connectivity index (χ4n) is 1.56. The Morgan fingerprint density at radius 3 is 2.81 bits per heavy atom. The van der Waals surface area contributed by atoms with E-state index in [9.17, 15) is 9.50 Å². The van der Waals surface area contributed by atoms with Crippen LogP contribution in [0.1, 0.15) is 0 Å². The lowest BCUT2D eigenvalue weighted by atomic mass is 9.87. The lowest BCUT2D eigenvalue weighted by Crippen LogP contribution is -2.50. The van der Waals surface area contributed by atoms with Crippen LogP contribution >= 0.6 is 15.9 Å². The highest BCUT2D eigenvalue weighted by atomic mass is 79.9. The predicted molar refractivity (Wildman–Crippen MR) is 62.9 cm³/mol. The maximum atomic E-state index is 13.0. The van der Waals surface area contributed by atoms with Crippen LogP contribution in [0, 0.1) is 11.2 Å². The van der Waals surface area contributed by atoms with Crippen LogP contribution in [0.15, 0.2) is 22.7 Å². The van der Waals surface area contributed by atoms with Crippen molar-refractivity contribution in [1.29, 1.82) is 0 Å². The topological polar surface area (TPSA) is 41.5 Å². The largest absolute Gasteiger partial charge is 0.396 e. The molecule has 0 amide bonds. The summed E-state index contributed by atoms with van der Waals surface area (Å²) in [5.74, 6) is -0.284. The van der Waals surface area contributed by atoms with Crippen LogP contribution in [0.4, 0.5) is 10.1 Å². The van der Waals surface area contributed by atoms with E-state index in [1.54, 1.807) is 6.07 Å².